The van der Waals surface area contributed by atoms with Crippen LogP contribution >= 0.6 is 0 Å². The fourth-order valence-corrected chi connectivity index (χ4v) is 2.39. The number of rotatable bonds is 3. The van der Waals surface area contributed by atoms with Gasteiger partial charge in [0.2, 0.25) is 0 Å². The van der Waals surface area contributed by atoms with Gasteiger partial charge < -0.3 is 20.9 Å². The molecule has 2 rings (SSSR count). The van der Waals surface area contributed by atoms with Crippen molar-refractivity contribution in [1.82, 2.24) is 0 Å². The van der Waals surface area contributed by atoms with Crippen molar-refractivity contribution in [2.24, 2.45) is 22.8 Å². The fourth-order valence-electron chi connectivity index (χ4n) is 2.39. The summed E-state index contributed by atoms with van der Waals surface area (Å²) in [7, 11) is 0. The first kappa shape index (κ1) is 10.4. The summed E-state index contributed by atoms with van der Waals surface area (Å²) in [6, 6.07) is 0.185. The third kappa shape index (κ3) is 1.67. The zero-order chi connectivity index (χ0) is 10.0. The van der Waals surface area contributed by atoms with Crippen LogP contribution in [0.4, 0.5) is 0 Å². The third-order valence-electron chi connectivity index (χ3n) is 3.67. The number of nitrogens with two attached hydrogens (primary N) is 2. The molecule has 4 heteroatoms. The molecule has 2 aliphatic heterocycles. The molecule has 0 aliphatic carbocycles. The molecule has 14 heavy (non-hydrogen) atoms. The van der Waals surface area contributed by atoms with Crippen molar-refractivity contribution in [2.75, 3.05) is 33.0 Å². The van der Waals surface area contributed by atoms with Crippen LogP contribution in [0.15, 0.2) is 0 Å². The molecule has 4 nitrogen and oxygen atoms in total. The quantitative estimate of drug-likeness (QED) is 0.657. The number of ether oxygens (including phenoxy) is 2. The van der Waals surface area contributed by atoms with Crippen LogP contribution in [0, 0.1) is 11.3 Å². The second kappa shape index (κ2) is 4.14. The smallest absolute Gasteiger partial charge is 0.0572 e. The van der Waals surface area contributed by atoms with Crippen molar-refractivity contribution in [2.45, 2.75) is 18.9 Å². The summed E-state index contributed by atoms with van der Waals surface area (Å²) in [5, 5.41) is 0. The highest BCUT2D eigenvalue weighted by atomic mass is 16.5. The minimum absolute atomic E-state index is 0.0575. The van der Waals surface area contributed by atoms with Gasteiger partial charge in [0, 0.05) is 31.2 Å². The minimum Gasteiger partial charge on any atom is -0.381 e. The van der Waals surface area contributed by atoms with Crippen LogP contribution in [0.3, 0.4) is 0 Å². The van der Waals surface area contributed by atoms with Crippen LogP contribution < -0.4 is 11.5 Å². The summed E-state index contributed by atoms with van der Waals surface area (Å²) in [6.45, 7) is 3.81. The lowest BCUT2D eigenvalue weighted by Crippen LogP contribution is -2.62. The Hall–Kier alpha value is -0.160. The normalized spacial score (nSPS) is 29.6. The lowest BCUT2D eigenvalue weighted by molar-refractivity contribution is -0.134. The average Bonchev–Trinajstić information content (AvgIpc) is 2.18. The van der Waals surface area contributed by atoms with Gasteiger partial charge in [0.05, 0.1) is 13.2 Å². The molecule has 0 radical (unpaired) electrons. The monoisotopic (exact) mass is 200 g/mol. The van der Waals surface area contributed by atoms with E-state index in [1.807, 2.05) is 0 Å². The molecule has 0 aromatic carbocycles. The number of hydrogen-bond donors (Lipinski definition) is 2. The lowest BCUT2D eigenvalue weighted by atomic mass is 9.71. The first-order chi connectivity index (χ1) is 6.78. The van der Waals surface area contributed by atoms with Gasteiger partial charge in [-0.2, -0.15) is 0 Å². The maximum absolute atomic E-state index is 6.28. The van der Waals surface area contributed by atoms with Gasteiger partial charge in [-0.25, -0.2) is 0 Å². The summed E-state index contributed by atoms with van der Waals surface area (Å²) in [6.07, 6.45) is 2.14. The van der Waals surface area contributed by atoms with Crippen molar-refractivity contribution < 1.29 is 9.47 Å². The number of hydrogen-bond acceptors (Lipinski definition) is 4. The van der Waals surface area contributed by atoms with E-state index in [1.54, 1.807) is 0 Å². The molecule has 1 atom stereocenters. The Morgan fingerprint density at radius 1 is 1.21 bits per heavy atom. The Morgan fingerprint density at radius 3 is 2.29 bits per heavy atom. The topological polar surface area (TPSA) is 70.5 Å². The van der Waals surface area contributed by atoms with Crippen LogP contribution in [0.25, 0.3) is 0 Å². The van der Waals surface area contributed by atoms with E-state index in [1.165, 1.54) is 0 Å². The van der Waals surface area contributed by atoms with Crippen molar-refractivity contribution in [3.05, 3.63) is 0 Å². The highest BCUT2D eigenvalue weighted by molar-refractivity contribution is 4.98. The molecule has 4 N–H and O–H groups in total. The first-order valence-electron chi connectivity index (χ1n) is 5.40. The largest absolute Gasteiger partial charge is 0.381 e. The molecule has 2 heterocycles. The Kier molecular flexibility index (Phi) is 3.07. The predicted molar refractivity (Wildman–Crippen MR) is 53.8 cm³/mol. The standard InChI is InChI=1S/C10H20N2O2/c11-5-10(6-14-7-10)9(12)8-1-3-13-4-2-8/h8-9H,1-7,11-12H2. The van der Waals surface area contributed by atoms with E-state index in [0.29, 0.717) is 12.5 Å². The van der Waals surface area contributed by atoms with E-state index in [2.05, 4.69) is 0 Å². The summed E-state index contributed by atoms with van der Waals surface area (Å²) < 4.78 is 10.6. The van der Waals surface area contributed by atoms with Gasteiger partial charge in [-0.3, -0.25) is 0 Å². The molecular formula is C10H20N2O2. The Balaban J connectivity index is 1.94. The zero-order valence-corrected chi connectivity index (χ0v) is 8.58. The highest BCUT2D eigenvalue weighted by Gasteiger charge is 2.46. The molecule has 0 aromatic rings. The Morgan fingerprint density at radius 2 is 1.86 bits per heavy atom. The lowest BCUT2D eigenvalue weighted by Gasteiger charge is -2.48. The van der Waals surface area contributed by atoms with Crippen LogP contribution in [0.1, 0.15) is 12.8 Å². The van der Waals surface area contributed by atoms with Gasteiger partial charge >= 0.3 is 0 Å². The highest BCUT2D eigenvalue weighted by Crippen LogP contribution is 2.35. The zero-order valence-electron chi connectivity index (χ0n) is 8.58. The average molecular weight is 200 g/mol. The summed E-state index contributed by atoms with van der Waals surface area (Å²) in [5.41, 5.74) is 12.1. The van der Waals surface area contributed by atoms with Gasteiger partial charge in [-0.1, -0.05) is 0 Å². The van der Waals surface area contributed by atoms with Crippen molar-refractivity contribution in [1.29, 1.82) is 0 Å². The van der Waals surface area contributed by atoms with Crippen molar-refractivity contribution in [3.8, 4) is 0 Å². The third-order valence-corrected chi connectivity index (χ3v) is 3.67. The molecule has 0 spiro atoms. The molecule has 1 unspecified atom stereocenters. The van der Waals surface area contributed by atoms with Crippen molar-refractivity contribution in [3.63, 3.8) is 0 Å². The summed E-state index contributed by atoms with van der Waals surface area (Å²) in [4.78, 5) is 0. The molecule has 2 fully saturated rings. The Bertz CT molecular complexity index is 183. The molecule has 0 aromatic heterocycles. The second-order valence-corrected chi connectivity index (χ2v) is 4.53. The molecule has 0 amide bonds. The predicted octanol–water partition coefficient (Wildman–Crippen LogP) is -0.284. The first-order valence-corrected chi connectivity index (χ1v) is 5.40. The molecule has 2 saturated heterocycles. The summed E-state index contributed by atoms with van der Waals surface area (Å²) in [5.74, 6) is 0.566. The van der Waals surface area contributed by atoms with Crippen LogP contribution in [-0.2, 0) is 9.47 Å². The fraction of sp³-hybridized carbons (Fsp3) is 1.00. The van der Waals surface area contributed by atoms with Gasteiger partial charge in [0.25, 0.3) is 0 Å². The van der Waals surface area contributed by atoms with E-state index in [9.17, 15) is 0 Å². The minimum atomic E-state index is 0.0575. The Labute approximate surface area is 84.9 Å². The van der Waals surface area contributed by atoms with E-state index in [4.69, 9.17) is 20.9 Å². The molecule has 82 valence electrons. The van der Waals surface area contributed by atoms with Gasteiger partial charge in [0.1, 0.15) is 0 Å². The van der Waals surface area contributed by atoms with Gasteiger partial charge in [-0.05, 0) is 18.8 Å². The molecular weight excluding hydrogens is 180 g/mol. The molecule has 0 bridgehead atoms. The van der Waals surface area contributed by atoms with Crippen LogP contribution in [-0.4, -0.2) is 39.0 Å². The van der Waals surface area contributed by atoms with Gasteiger partial charge in [-0.15, -0.1) is 0 Å². The van der Waals surface area contributed by atoms with Crippen molar-refractivity contribution >= 4 is 0 Å². The maximum atomic E-state index is 6.28. The van der Waals surface area contributed by atoms with Gasteiger partial charge in [0.15, 0.2) is 0 Å². The van der Waals surface area contributed by atoms with E-state index < -0.39 is 0 Å². The second-order valence-electron chi connectivity index (χ2n) is 4.53. The van der Waals surface area contributed by atoms with E-state index in [-0.39, 0.29) is 11.5 Å². The maximum Gasteiger partial charge on any atom is 0.0572 e. The SMILES string of the molecule is NCC1(C(N)C2CCOCC2)COC1. The van der Waals surface area contributed by atoms with E-state index in [0.717, 1.165) is 39.3 Å². The van der Waals surface area contributed by atoms with Crippen LogP contribution in [0.5, 0.6) is 0 Å². The molecule has 0 saturated carbocycles. The van der Waals surface area contributed by atoms with Crippen LogP contribution in [0.2, 0.25) is 0 Å². The molecule has 2 aliphatic rings. The summed E-state index contributed by atoms with van der Waals surface area (Å²) >= 11 is 0. The van der Waals surface area contributed by atoms with E-state index >= 15 is 0 Å².